The zero-order valence-electron chi connectivity index (χ0n) is 14.1. The lowest BCUT2D eigenvalue weighted by atomic mass is 10.00. The van der Waals surface area contributed by atoms with Gasteiger partial charge in [-0.15, -0.1) is 0 Å². The molecule has 0 aromatic heterocycles. The molecule has 1 aliphatic heterocycles. The fourth-order valence-corrected chi connectivity index (χ4v) is 4.08. The second-order valence-corrected chi connectivity index (χ2v) is 8.42. The van der Waals surface area contributed by atoms with Gasteiger partial charge in [-0.25, -0.2) is 12.8 Å². The summed E-state index contributed by atoms with van der Waals surface area (Å²) in [4.78, 5) is 14.3. The normalized spacial score (nSPS) is 18.9. The van der Waals surface area contributed by atoms with Crippen LogP contribution in [0.4, 0.5) is 10.1 Å². The average molecular weight is 358 g/mol. The largest absolute Gasteiger partial charge is 0.377 e. The van der Waals surface area contributed by atoms with Crippen molar-refractivity contribution in [3.05, 3.63) is 30.1 Å². The number of nitrogens with one attached hydrogen (secondary N) is 1. The number of hydrogen-bond donors (Lipinski definition) is 1. The average Bonchev–Trinajstić information content (AvgIpc) is 2.45. The molecule has 1 aromatic carbocycles. The van der Waals surface area contributed by atoms with Gasteiger partial charge in [0, 0.05) is 6.54 Å². The third kappa shape index (κ3) is 4.67. The Morgan fingerprint density at radius 3 is 2.79 bits per heavy atom. The van der Waals surface area contributed by atoms with E-state index in [-0.39, 0.29) is 17.3 Å². The van der Waals surface area contributed by atoms with Gasteiger partial charge in [0.15, 0.2) is 0 Å². The summed E-state index contributed by atoms with van der Waals surface area (Å²) in [5, 5.41) is 0. The smallest absolute Gasteiger partial charge is 0.233 e. The Labute approximate surface area is 142 Å². The van der Waals surface area contributed by atoms with E-state index in [2.05, 4.69) is 4.72 Å². The van der Waals surface area contributed by atoms with Crippen molar-refractivity contribution in [2.24, 2.45) is 5.92 Å². The van der Waals surface area contributed by atoms with Crippen molar-refractivity contribution in [2.75, 3.05) is 30.2 Å². The standard InChI is InChI=1S/C16H23FN2O4S/c1-12(15(20)19-7-8-23-11-16(19,2)3)10-24(21,22)18-14-6-4-5-13(17)9-14/h4-6,9,12,18H,7-8,10-11H2,1-3H3. The SMILES string of the molecule is CC(CS(=O)(=O)Nc1cccc(F)c1)C(=O)N1CCOCC1(C)C. The Morgan fingerprint density at radius 1 is 1.46 bits per heavy atom. The van der Waals surface area contributed by atoms with Crippen LogP contribution in [-0.4, -0.2) is 50.3 Å². The van der Waals surface area contributed by atoms with Gasteiger partial charge in [-0.2, -0.15) is 0 Å². The number of hydrogen-bond acceptors (Lipinski definition) is 4. The quantitative estimate of drug-likeness (QED) is 0.871. The minimum Gasteiger partial charge on any atom is -0.377 e. The molecule has 6 nitrogen and oxygen atoms in total. The Kier molecular flexibility index (Phi) is 5.49. The molecule has 0 aliphatic carbocycles. The summed E-state index contributed by atoms with van der Waals surface area (Å²) in [5.74, 6) is -1.84. The highest BCUT2D eigenvalue weighted by Crippen LogP contribution is 2.22. The van der Waals surface area contributed by atoms with Gasteiger partial charge in [0.25, 0.3) is 0 Å². The van der Waals surface area contributed by atoms with Gasteiger partial charge in [-0.3, -0.25) is 9.52 Å². The highest BCUT2D eigenvalue weighted by Gasteiger charge is 2.37. The molecule has 1 amide bonds. The van der Waals surface area contributed by atoms with Gasteiger partial charge in [0.2, 0.25) is 15.9 Å². The van der Waals surface area contributed by atoms with Crippen LogP contribution in [0.1, 0.15) is 20.8 Å². The van der Waals surface area contributed by atoms with Crippen molar-refractivity contribution in [1.82, 2.24) is 4.90 Å². The summed E-state index contributed by atoms with van der Waals surface area (Å²) in [6, 6.07) is 5.19. The summed E-state index contributed by atoms with van der Waals surface area (Å²) >= 11 is 0. The number of morpholine rings is 1. The van der Waals surface area contributed by atoms with E-state index in [1.54, 1.807) is 11.8 Å². The first-order chi connectivity index (χ1) is 11.1. The second kappa shape index (κ2) is 7.06. The van der Waals surface area contributed by atoms with Gasteiger partial charge in [-0.1, -0.05) is 13.0 Å². The van der Waals surface area contributed by atoms with E-state index in [1.807, 2.05) is 13.8 Å². The lowest BCUT2D eigenvalue weighted by Gasteiger charge is -2.43. The van der Waals surface area contributed by atoms with Crippen LogP contribution in [0.25, 0.3) is 0 Å². The van der Waals surface area contributed by atoms with E-state index in [4.69, 9.17) is 4.74 Å². The maximum atomic E-state index is 13.2. The molecule has 8 heteroatoms. The lowest BCUT2D eigenvalue weighted by Crippen LogP contribution is -2.57. The van der Waals surface area contributed by atoms with Crippen LogP contribution < -0.4 is 4.72 Å². The summed E-state index contributed by atoms with van der Waals surface area (Å²) < 4.78 is 45.3. The number of sulfonamides is 1. The van der Waals surface area contributed by atoms with Gasteiger partial charge < -0.3 is 9.64 Å². The van der Waals surface area contributed by atoms with Crippen molar-refractivity contribution in [3.63, 3.8) is 0 Å². The molecular formula is C16H23FN2O4S. The first-order valence-electron chi connectivity index (χ1n) is 7.76. The molecule has 0 spiro atoms. The van der Waals surface area contributed by atoms with E-state index in [1.165, 1.54) is 18.2 Å². The number of halogens is 1. The Morgan fingerprint density at radius 2 is 2.17 bits per heavy atom. The van der Waals surface area contributed by atoms with Crippen LogP contribution in [0.2, 0.25) is 0 Å². The number of benzene rings is 1. The van der Waals surface area contributed by atoms with Crippen LogP contribution in [0.15, 0.2) is 24.3 Å². The molecule has 24 heavy (non-hydrogen) atoms. The number of carbonyl (C=O) groups is 1. The van der Waals surface area contributed by atoms with Crippen LogP contribution in [-0.2, 0) is 19.6 Å². The first kappa shape index (κ1) is 18.7. The van der Waals surface area contributed by atoms with Crippen molar-refractivity contribution in [1.29, 1.82) is 0 Å². The minimum atomic E-state index is -3.77. The van der Waals surface area contributed by atoms with Crippen molar-refractivity contribution in [3.8, 4) is 0 Å². The predicted octanol–water partition coefficient (Wildman–Crippen LogP) is 1.84. The van der Waals surface area contributed by atoms with E-state index in [0.717, 1.165) is 6.07 Å². The number of carbonyl (C=O) groups excluding carboxylic acids is 1. The van der Waals surface area contributed by atoms with Gasteiger partial charge in [0.05, 0.1) is 36.1 Å². The molecule has 1 fully saturated rings. The maximum Gasteiger partial charge on any atom is 0.233 e. The third-order valence-corrected chi connectivity index (χ3v) is 5.39. The lowest BCUT2D eigenvalue weighted by molar-refractivity contribution is -0.149. The molecule has 0 saturated carbocycles. The highest BCUT2D eigenvalue weighted by atomic mass is 32.2. The van der Waals surface area contributed by atoms with Crippen LogP contribution >= 0.6 is 0 Å². The van der Waals surface area contributed by atoms with Crippen molar-refractivity contribution < 1.29 is 22.3 Å². The molecule has 134 valence electrons. The van der Waals surface area contributed by atoms with E-state index in [9.17, 15) is 17.6 Å². The number of rotatable bonds is 5. The molecule has 1 heterocycles. The highest BCUT2D eigenvalue weighted by molar-refractivity contribution is 7.92. The van der Waals surface area contributed by atoms with Crippen LogP contribution in [0, 0.1) is 11.7 Å². The summed E-state index contributed by atoms with van der Waals surface area (Å²) in [6.07, 6.45) is 0. The summed E-state index contributed by atoms with van der Waals surface area (Å²) in [7, 11) is -3.77. The Balaban J connectivity index is 2.04. The number of ether oxygens (including phenoxy) is 1. The predicted molar refractivity (Wildman–Crippen MR) is 89.6 cm³/mol. The molecular weight excluding hydrogens is 335 g/mol. The van der Waals surface area contributed by atoms with Gasteiger partial charge >= 0.3 is 0 Å². The second-order valence-electron chi connectivity index (χ2n) is 6.65. The number of anilines is 1. The molecule has 1 aromatic rings. The molecule has 1 unspecified atom stereocenters. The molecule has 1 N–H and O–H groups in total. The minimum absolute atomic E-state index is 0.140. The molecule has 0 bridgehead atoms. The van der Waals surface area contributed by atoms with Crippen LogP contribution in [0.3, 0.4) is 0 Å². The zero-order chi connectivity index (χ0) is 18.0. The maximum absolute atomic E-state index is 13.2. The Bertz CT molecular complexity index is 706. The fourth-order valence-electron chi connectivity index (χ4n) is 2.71. The van der Waals surface area contributed by atoms with Gasteiger partial charge in [0.1, 0.15) is 5.82 Å². The first-order valence-corrected chi connectivity index (χ1v) is 9.41. The Hall–Kier alpha value is -1.67. The monoisotopic (exact) mass is 358 g/mol. The molecule has 0 radical (unpaired) electrons. The zero-order valence-corrected chi connectivity index (χ0v) is 14.9. The van der Waals surface area contributed by atoms with E-state index >= 15 is 0 Å². The third-order valence-electron chi connectivity index (χ3n) is 3.90. The summed E-state index contributed by atoms with van der Waals surface area (Å²) in [6.45, 7) is 6.65. The summed E-state index contributed by atoms with van der Waals surface area (Å²) in [5.41, 5.74) is -0.329. The van der Waals surface area contributed by atoms with Crippen molar-refractivity contribution >= 4 is 21.6 Å². The molecule has 1 atom stereocenters. The fraction of sp³-hybridized carbons (Fsp3) is 0.562. The van der Waals surface area contributed by atoms with Crippen LogP contribution in [0.5, 0.6) is 0 Å². The van der Waals surface area contributed by atoms with E-state index < -0.39 is 27.3 Å². The topological polar surface area (TPSA) is 75.7 Å². The molecule has 1 aliphatic rings. The number of amides is 1. The van der Waals surface area contributed by atoms with Crippen molar-refractivity contribution in [2.45, 2.75) is 26.3 Å². The molecule has 2 rings (SSSR count). The van der Waals surface area contributed by atoms with E-state index in [0.29, 0.717) is 19.8 Å². The number of nitrogens with zero attached hydrogens (tertiary/aromatic N) is 1. The van der Waals surface area contributed by atoms with Gasteiger partial charge in [-0.05, 0) is 32.0 Å². The molecule has 1 saturated heterocycles.